The van der Waals surface area contributed by atoms with Gasteiger partial charge in [-0.3, -0.25) is 0 Å². The lowest BCUT2D eigenvalue weighted by Gasteiger charge is -2.11. The molecule has 0 aliphatic heterocycles. The standard InChI is InChI=1S/C10H11Cl2F2NO/c1-2-3-15-6-4-7(11)9(8(12)5-6)16-10(13)14/h4-5,10,15H,2-3H2,1H3. The van der Waals surface area contributed by atoms with Crippen LogP contribution in [0.4, 0.5) is 14.5 Å². The molecule has 0 atom stereocenters. The monoisotopic (exact) mass is 269 g/mol. The van der Waals surface area contributed by atoms with Gasteiger partial charge >= 0.3 is 6.61 Å². The zero-order valence-electron chi connectivity index (χ0n) is 8.57. The van der Waals surface area contributed by atoms with Gasteiger partial charge in [0.25, 0.3) is 0 Å². The Morgan fingerprint density at radius 1 is 1.31 bits per heavy atom. The lowest BCUT2D eigenvalue weighted by molar-refractivity contribution is -0.0497. The highest BCUT2D eigenvalue weighted by Crippen LogP contribution is 2.36. The topological polar surface area (TPSA) is 21.3 Å². The first kappa shape index (κ1) is 13.3. The lowest BCUT2D eigenvalue weighted by atomic mass is 10.3. The SMILES string of the molecule is CCCNc1cc(Cl)c(OC(F)F)c(Cl)c1. The summed E-state index contributed by atoms with van der Waals surface area (Å²) in [5.41, 5.74) is 0.679. The van der Waals surface area contributed by atoms with Gasteiger partial charge in [-0.05, 0) is 18.6 Å². The minimum atomic E-state index is -2.94. The number of alkyl halides is 2. The molecule has 0 aromatic heterocycles. The highest BCUT2D eigenvalue weighted by molar-refractivity contribution is 6.37. The molecule has 0 spiro atoms. The van der Waals surface area contributed by atoms with Crippen LogP contribution in [0.1, 0.15) is 13.3 Å². The number of halogens is 4. The molecule has 0 aliphatic rings. The van der Waals surface area contributed by atoms with Crippen molar-refractivity contribution >= 4 is 28.9 Å². The molecule has 0 aliphatic carbocycles. The molecule has 0 radical (unpaired) electrons. The maximum absolute atomic E-state index is 12.0. The van der Waals surface area contributed by atoms with Gasteiger partial charge in [-0.2, -0.15) is 8.78 Å². The van der Waals surface area contributed by atoms with Crippen molar-refractivity contribution in [2.45, 2.75) is 20.0 Å². The van der Waals surface area contributed by atoms with Gasteiger partial charge in [0.05, 0.1) is 10.0 Å². The van der Waals surface area contributed by atoms with Crippen molar-refractivity contribution in [3.63, 3.8) is 0 Å². The molecule has 1 aromatic rings. The largest absolute Gasteiger partial charge is 0.432 e. The van der Waals surface area contributed by atoms with Gasteiger partial charge in [-0.25, -0.2) is 0 Å². The first-order chi connectivity index (χ1) is 7.54. The average molecular weight is 270 g/mol. The minimum Gasteiger partial charge on any atom is -0.432 e. The molecular formula is C10H11Cl2F2NO. The van der Waals surface area contributed by atoms with Gasteiger partial charge in [0.2, 0.25) is 0 Å². The summed E-state index contributed by atoms with van der Waals surface area (Å²) < 4.78 is 28.3. The molecule has 0 bridgehead atoms. The minimum absolute atomic E-state index is 0.0615. The smallest absolute Gasteiger partial charge is 0.387 e. The Hall–Kier alpha value is -0.740. The quantitative estimate of drug-likeness (QED) is 0.855. The highest BCUT2D eigenvalue weighted by atomic mass is 35.5. The molecule has 0 fully saturated rings. The lowest BCUT2D eigenvalue weighted by Crippen LogP contribution is -2.04. The van der Waals surface area contributed by atoms with Crippen LogP contribution in [-0.4, -0.2) is 13.2 Å². The molecular weight excluding hydrogens is 259 g/mol. The Balaban J connectivity index is 2.89. The average Bonchev–Trinajstić information content (AvgIpc) is 2.20. The molecule has 6 heteroatoms. The van der Waals surface area contributed by atoms with E-state index in [1.165, 1.54) is 12.1 Å². The van der Waals surface area contributed by atoms with E-state index in [1.807, 2.05) is 6.92 Å². The predicted octanol–water partition coefficient (Wildman–Crippen LogP) is 4.42. The van der Waals surface area contributed by atoms with E-state index in [-0.39, 0.29) is 15.8 Å². The molecule has 2 nitrogen and oxygen atoms in total. The summed E-state index contributed by atoms with van der Waals surface area (Å²) in [7, 11) is 0. The van der Waals surface area contributed by atoms with E-state index in [2.05, 4.69) is 10.1 Å². The summed E-state index contributed by atoms with van der Waals surface area (Å²) in [6, 6.07) is 3.00. The van der Waals surface area contributed by atoms with Crippen LogP contribution in [0.15, 0.2) is 12.1 Å². The summed E-state index contributed by atoms with van der Waals surface area (Å²) in [6.45, 7) is -0.184. The Morgan fingerprint density at radius 3 is 2.31 bits per heavy atom. The highest BCUT2D eigenvalue weighted by Gasteiger charge is 2.13. The maximum atomic E-state index is 12.0. The second kappa shape index (κ2) is 6.11. The van der Waals surface area contributed by atoms with E-state index in [0.717, 1.165) is 13.0 Å². The van der Waals surface area contributed by atoms with Crippen molar-refractivity contribution in [3.8, 4) is 5.75 Å². The third-order valence-corrected chi connectivity index (χ3v) is 2.35. The summed E-state index contributed by atoms with van der Waals surface area (Å²) in [4.78, 5) is 0. The van der Waals surface area contributed by atoms with Crippen LogP contribution in [0.3, 0.4) is 0 Å². The number of rotatable bonds is 5. The first-order valence-electron chi connectivity index (χ1n) is 4.72. The summed E-state index contributed by atoms with van der Waals surface area (Å²) >= 11 is 11.5. The van der Waals surface area contributed by atoms with Gasteiger partial charge in [0.15, 0.2) is 5.75 Å². The van der Waals surface area contributed by atoms with Crippen molar-refractivity contribution in [1.29, 1.82) is 0 Å². The Bertz CT molecular complexity index is 338. The third kappa shape index (κ3) is 3.68. The maximum Gasteiger partial charge on any atom is 0.387 e. The predicted molar refractivity (Wildman–Crippen MR) is 61.9 cm³/mol. The Labute approximate surface area is 102 Å². The van der Waals surface area contributed by atoms with Crippen LogP contribution in [0.25, 0.3) is 0 Å². The zero-order chi connectivity index (χ0) is 12.1. The fourth-order valence-corrected chi connectivity index (χ4v) is 1.71. The van der Waals surface area contributed by atoms with Crippen LogP contribution < -0.4 is 10.1 Å². The number of benzene rings is 1. The molecule has 0 saturated heterocycles. The Morgan fingerprint density at radius 2 is 1.88 bits per heavy atom. The Kier molecular flexibility index (Phi) is 5.09. The fourth-order valence-electron chi connectivity index (χ4n) is 1.13. The van der Waals surface area contributed by atoms with Gasteiger partial charge < -0.3 is 10.1 Å². The van der Waals surface area contributed by atoms with E-state index < -0.39 is 6.61 Å². The van der Waals surface area contributed by atoms with Gasteiger partial charge in [0.1, 0.15) is 0 Å². The van der Waals surface area contributed by atoms with Crippen molar-refractivity contribution in [3.05, 3.63) is 22.2 Å². The third-order valence-electron chi connectivity index (χ3n) is 1.78. The van der Waals surface area contributed by atoms with Crippen LogP contribution in [0, 0.1) is 0 Å². The summed E-state index contributed by atoms with van der Waals surface area (Å²) in [5.74, 6) is -0.194. The van der Waals surface area contributed by atoms with E-state index >= 15 is 0 Å². The van der Waals surface area contributed by atoms with Crippen LogP contribution in [-0.2, 0) is 0 Å². The summed E-state index contributed by atoms with van der Waals surface area (Å²) in [6.07, 6.45) is 0.935. The molecule has 1 aromatic carbocycles. The fraction of sp³-hybridized carbons (Fsp3) is 0.400. The van der Waals surface area contributed by atoms with Gasteiger partial charge in [-0.15, -0.1) is 0 Å². The number of hydrogen-bond acceptors (Lipinski definition) is 2. The van der Waals surface area contributed by atoms with E-state index in [0.29, 0.717) is 5.69 Å². The van der Waals surface area contributed by atoms with Gasteiger partial charge in [0, 0.05) is 12.2 Å². The van der Waals surface area contributed by atoms with Crippen LogP contribution in [0.5, 0.6) is 5.75 Å². The first-order valence-corrected chi connectivity index (χ1v) is 5.48. The van der Waals surface area contributed by atoms with Crippen LogP contribution >= 0.6 is 23.2 Å². The number of hydrogen-bond donors (Lipinski definition) is 1. The molecule has 0 unspecified atom stereocenters. The molecule has 0 saturated carbocycles. The van der Waals surface area contributed by atoms with Crippen molar-refractivity contribution < 1.29 is 13.5 Å². The van der Waals surface area contributed by atoms with E-state index in [4.69, 9.17) is 23.2 Å². The molecule has 16 heavy (non-hydrogen) atoms. The molecule has 90 valence electrons. The molecule has 1 N–H and O–H groups in total. The second-order valence-corrected chi connectivity index (χ2v) is 3.89. The van der Waals surface area contributed by atoms with E-state index in [9.17, 15) is 8.78 Å². The van der Waals surface area contributed by atoms with Crippen molar-refractivity contribution in [1.82, 2.24) is 0 Å². The molecule has 0 heterocycles. The van der Waals surface area contributed by atoms with E-state index in [1.54, 1.807) is 0 Å². The van der Waals surface area contributed by atoms with Crippen molar-refractivity contribution in [2.24, 2.45) is 0 Å². The summed E-state index contributed by atoms with van der Waals surface area (Å²) in [5, 5.41) is 3.17. The van der Waals surface area contributed by atoms with Crippen molar-refractivity contribution in [2.75, 3.05) is 11.9 Å². The number of nitrogens with one attached hydrogen (secondary N) is 1. The number of anilines is 1. The zero-order valence-corrected chi connectivity index (χ0v) is 10.1. The molecule has 0 amide bonds. The molecule has 1 rings (SSSR count). The number of ether oxygens (including phenoxy) is 1. The normalized spacial score (nSPS) is 10.6. The second-order valence-electron chi connectivity index (χ2n) is 3.07. The van der Waals surface area contributed by atoms with Gasteiger partial charge in [-0.1, -0.05) is 30.1 Å². The van der Waals surface area contributed by atoms with Crippen LogP contribution in [0.2, 0.25) is 10.0 Å².